The molecule has 1 aromatic heterocycles. The van der Waals surface area contributed by atoms with Crippen molar-refractivity contribution in [3.63, 3.8) is 0 Å². The number of aliphatic hydroxyl groups excluding tert-OH is 1. The first kappa shape index (κ1) is 23.5. The fourth-order valence-corrected chi connectivity index (χ4v) is 4.87. The number of quaternary nitrogens is 1. The summed E-state index contributed by atoms with van der Waals surface area (Å²) in [5, 5.41) is 29.7. The maximum absolute atomic E-state index is 9.24. The number of nitrogens with zero attached hydrogens (tertiary/aromatic N) is 5. The maximum Gasteiger partial charge on any atom is 0.182 e. The predicted molar refractivity (Wildman–Crippen MR) is 125 cm³/mol. The molecule has 2 aliphatic rings. The third-order valence-electron chi connectivity index (χ3n) is 6.49. The highest BCUT2D eigenvalue weighted by molar-refractivity contribution is 6.01. The van der Waals surface area contributed by atoms with Crippen LogP contribution in [0.4, 0.5) is 5.69 Å². The zero-order chi connectivity index (χ0) is 23.4. The minimum absolute atomic E-state index is 0.230. The summed E-state index contributed by atoms with van der Waals surface area (Å²) in [5.74, 6) is 1.12. The molecule has 1 aliphatic heterocycles. The molecule has 1 spiro atoms. The van der Waals surface area contributed by atoms with Crippen molar-refractivity contribution >= 4 is 11.5 Å². The number of nitrogens with one attached hydrogen (secondary N) is 1. The van der Waals surface area contributed by atoms with Gasteiger partial charge >= 0.3 is 0 Å². The van der Waals surface area contributed by atoms with Crippen LogP contribution in [0.3, 0.4) is 0 Å². The lowest BCUT2D eigenvalue weighted by atomic mass is 9.65. The molecular formula is C25H33N6O+. The highest BCUT2D eigenvalue weighted by Crippen LogP contribution is 2.52. The molecule has 2 heterocycles. The largest absolute Gasteiger partial charge is 0.391 e. The number of benzene rings is 1. The fraction of sp³-hybridized carbons (Fsp3) is 0.480. The standard InChI is InChI=1S/C20H19N5.C5H14NO/c1-25-15(12-21)8-9-18(25)14-5-4-10-20(11-14)16-6-2-3-7-17(16)24-19(20)23-13-22;1-6(2,3)4-5-7/h2-3,6-9,14H,4-5,10-11H2,1H3,(H,23,24);7H,4-5H2,1-3H3/q;+1. The van der Waals surface area contributed by atoms with E-state index in [1.165, 1.54) is 11.3 Å². The monoisotopic (exact) mass is 433 g/mol. The molecule has 1 saturated carbocycles. The number of likely N-dealkylation sites (N-methyl/N-ethyl adjacent to an activating group) is 1. The summed E-state index contributed by atoms with van der Waals surface area (Å²) in [7, 11) is 8.11. The Morgan fingerprint density at radius 1 is 1.22 bits per heavy atom. The van der Waals surface area contributed by atoms with Crippen LogP contribution in [0.1, 0.15) is 48.6 Å². The van der Waals surface area contributed by atoms with Gasteiger partial charge in [0.1, 0.15) is 24.1 Å². The molecule has 2 N–H and O–H groups in total. The van der Waals surface area contributed by atoms with E-state index in [0.29, 0.717) is 11.6 Å². The van der Waals surface area contributed by atoms with Gasteiger partial charge < -0.3 is 14.2 Å². The molecule has 0 bridgehead atoms. The second kappa shape index (κ2) is 9.56. The zero-order valence-electron chi connectivity index (χ0n) is 19.5. The van der Waals surface area contributed by atoms with Crippen molar-refractivity contribution < 1.29 is 9.59 Å². The third-order valence-corrected chi connectivity index (χ3v) is 6.49. The summed E-state index contributed by atoms with van der Waals surface area (Å²) < 4.78 is 2.84. The fourth-order valence-electron chi connectivity index (χ4n) is 4.87. The molecule has 0 saturated heterocycles. The Labute approximate surface area is 190 Å². The minimum atomic E-state index is -0.230. The van der Waals surface area contributed by atoms with Gasteiger partial charge in [-0.1, -0.05) is 24.6 Å². The van der Waals surface area contributed by atoms with E-state index in [1.807, 2.05) is 35.9 Å². The van der Waals surface area contributed by atoms with Crippen molar-refractivity contribution in [2.45, 2.75) is 37.0 Å². The van der Waals surface area contributed by atoms with Crippen LogP contribution in [-0.2, 0) is 12.5 Å². The molecule has 2 aromatic rings. The van der Waals surface area contributed by atoms with Crippen LogP contribution in [0, 0.1) is 22.8 Å². The van der Waals surface area contributed by atoms with Gasteiger partial charge in [-0.05, 0) is 43.0 Å². The molecule has 2 unspecified atom stereocenters. The Morgan fingerprint density at radius 2 is 1.97 bits per heavy atom. The van der Waals surface area contributed by atoms with Crippen LogP contribution >= 0.6 is 0 Å². The lowest BCUT2D eigenvalue weighted by molar-refractivity contribution is -0.870. The number of aliphatic imine (C=N–C) groups is 1. The van der Waals surface area contributed by atoms with Crippen LogP contribution in [0.5, 0.6) is 0 Å². The minimum Gasteiger partial charge on any atom is -0.391 e. The Hall–Kier alpha value is -3.13. The summed E-state index contributed by atoms with van der Waals surface area (Å²) in [6, 6.07) is 14.4. The van der Waals surface area contributed by atoms with Crippen molar-refractivity contribution in [3.05, 3.63) is 53.3 Å². The predicted octanol–water partition coefficient (Wildman–Crippen LogP) is 3.29. The molecule has 0 radical (unpaired) electrons. The molecule has 7 nitrogen and oxygen atoms in total. The molecule has 2 atom stereocenters. The number of fused-ring (bicyclic) bond motifs is 2. The first-order valence-corrected chi connectivity index (χ1v) is 11.1. The molecule has 168 valence electrons. The lowest BCUT2D eigenvalue weighted by Crippen LogP contribution is -2.43. The topological polar surface area (TPSA) is 97.1 Å². The van der Waals surface area contributed by atoms with E-state index in [-0.39, 0.29) is 12.0 Å². The summed E-state index contributed by atoms with van der Waals surface area (Å²) in [6.07, 6.45) is 6.12. The van der Waals surface area contributed by atoms with Gasteiger partial charge in [0.15, 0.2) is 6.19 Å². The molecule has 4 rings (SSSR count). The van der Waals surface area contributed by atoms with E-state index >= 15 is 0 Å². The first-order chi connectivity index (χ1) is 15.3. The number of hydrogen-bond donors (Lipinski definition) is 2. The van der Waals surface area contributed by atoms with E-state index in [0.717, 1.165) is 48.2 Å². The Morgan fingerprint density at radius 3 is 2.56 bits per heavy atom. The molecule has 1 aromatic carbocycles. The van der Waals surface area contributed by atoms with Crippen molar-refractivity contribution in [2.75, 3.05) is 34.3 Å². The van der Waals surface area contributed by atoms with E-state index in [9.17, 15) is 10.5 Å². The van der Waals surface area contributed by atoms with E-state index in [4.69, 9.17) is 10.1 Å². The van der Waals surface area contributed by atoms with Crippen molar-refractivity contribution in [1.82, 2.24) is 9.88 Å². The van der Waals surface area contributed by atoms with Crippen LogP contribution < -0.4 is 5.32 Å². The Bertz CT molecular complexity index is 1070. The Balaban J connectivity index is 0.000000360. The van der Waals surface area contributed by atoms with Crippen LogP contribution in [0.15, 0.2) is 41.4 Å². The van der Waals surface area contributed by atoms with Gasteiger partial charge in [-0.3, -0.25) is 5.32 Å². The van der Waals surface area contributed by atoms with E-state index in [1.54, 1.807) is 0 Å². The second-order valence-electron chi connectivity index (χ2n) is 9.64. The summed E-state index contributed by atoms with van der Waals surface area (Å²) >= 11 is 0. The maximum atomic E-state index is 9.24. The Kier molecular flexibility index (Phi) is 7.03. The van der Waals surface area contributed by atoms with Crippen LogP contribution in [0.2, 0.25) is 0 Å². The van der Waals surface area contributed by atoms with Gasteiger partial charge in [0.05, 0.1) is 38.9 Å². The van der Waals surface area contributed by atoms with Gasteiger partial charge in [-0.25, -0.2) is 4.99 Å². The third kappa shape index (κ3) is 4.70. The molecule has 1 aliphatic carbocycles. The number of aromatic nitrogens is 1. The quantitative estimate of drug-likeness (QED) is 0.441. The van der Waals surface area contributed by atoms with Gasteiger partial charge in [0.25, 0.3) is 0 Å². The highest BCUT2D eigenvalue weighted by atomic mass is 16.3. The average molecular weight is 434 g/mol. The number of nitriles is 2. The summed E-state index contributed by atoms with van der Waals surface area (Å²) in [4.78, 5) is 4.71. The van der Waals surface area contributed by atoms with E-state index in [2.05, 4.69) is 50.9 Å². The van der Waals surface area contributed by atoms with E-state index < -0.39 is 0 Å². The smallest absolute Gasteiger partial charge is 0.182 e. The summed E-state index contributed by atoms with van der Waals surface area (Å²) in [5.41, 5.74) is 3.83. The van der Waals surface area contributed by atoms with Crippen molar-refractivity contribution in [3.8, 4) is 12.3 Å². The van der Waals surface area contributed by atoms with Crippen LogP contribution in [-0.4, -0.2) is 54.3 Å². The number of aliphatic hydroxyl groups is 1. The van der Waals surface area contributed by atoms with Gasteiger partial charge in [0, 0.05) is 18.7 Å². The van der Waals surface area contributed by atoms with Gasteiger partial charge in [-0.15, -0.1) is 0 Å². The van der Waals surface area contributed by atoms with Crippen molar-refractivity contribution in [2.24, 2.45) is 12.0 Å². The number of rotatable bonds is 3. The average Bonchev–Trinajstić information content (AvgIpc) is 3.26. The second-order valence-corrected chi connectivity index (χ2v) is 9.64. The first-order valence-electron chi connectivity index (χ1n) is 11.1. The zero-order valence-corrected chi connectivity index (χ0v) is 19.5. The summed E-state index contributed by atoms with van der Waals surface area (Å²) in [6.45, 7) is 1.11. The highest BCUT2D eigenvalue weighted by Gasteiger charge is 2.47. The molecule has 32 heavy (non-hydrogen) atoms. The number of para-hydroxylation sites is 1. The molecule has 1 fully saturated rings. The van der Waals surface area contributed by atoms with Gasteiger partial charge in [0.2, 0.25) is 0 Å². The molecule has 0 amide bonds. The molecular weight excluding hydrogens is 400 g/mol. The van der Waals surface area contributed by atoms with Crippen molar-refractivity contribution in [1.29, 1.82) is 10.5 Å². The number of hydrogen-bond acceptors (Lipinski definition) is 5. The normalized spacial score (nSPS) is 21.6. The SMILES string of the molecule is C[N+](C)(C)CCO.Cn1c(C#N)ccc1C1CCCC2(C1)C(NC#N)=Nc1ccccc12. The lowest BCUT2D eigenvalue weighted by Gasteiger charge is -2.39. The molecule has 7 heteroatoms. The number of amidine groups is 1. The van der Waals surface area contributed by atoms with Gasteiger partial charge in [-0.2, -0.15) is 10.5 Å². The van der Waals surface area contributed by atoms with Crippen LogP contribution in [0.25, 0.3) is 0 Å².